The summed E-state index contributed by atoms with van der Waals surface area (Å²) in [5, 5.41) is 2.83. The summed E-state index contributed by atoms with van der Waals surface area (Å²) < 4.78 is 0. The number of hydrogen-bond donors (Lipinski definition) is 1. The van der Waals surface area contributed by atoms with Gasteiger partial charge in [0.1, 0.15) is 6.42 Å². The number of amides is 2. The lowest BCUT2D eigenvalue weighted by Gasteiger charge is -2.28. The van der Waals surface area contributed by atoms with Gasteiger partial charge in [0.15, 0.2) is 0 Å². The molecule has 4 heteroatoms. The molecule has 1 aliphatic heterocycles. The Morgan fingerprint density at radius 1 is 1.08 bits per heavy atom. The monoisotopic (exact) mass is 322 g/mol. The smallest absolute Gasteiger partial charge is 0.232 e. The van der Waals surface area contributed by atoms with Crippen LogP contribution in [-0.4, -0.2) is 23.3 Å². The molecule has 1 N–H and O–H groups in total. The van der Waals surface area contributed by atoms with Crippen LogP contribution in [0.25, 0.3) is 0 Å². The molecule has 1 aliphatic rings. The molecule has 0 aliphatic carbocycles. The van der Waals surface area contributed by atoms with E-state index in [2.05, 4.69) is 11.4 Å². The van der Waals surface area contributed by atoms with Gasteiger partial charge in [-0.05, 0) is 30.0 Å². The van der Waals surface area contributed by atoms with E-state index in [0.717, 1.165) is 17.5 Å². The van der Waals surface area contributed by atoms with Crippen LogP contribution in [0, 0.1) is 6.92 Å². The normalized spacial score (nSPS) is 13.3. The van der Waals surface area contributed by atoms with E-state index in [1.807, 2.05) is 49.4 Å². The molecular formula is C20H22N2O2. The van der Waals surface area contributed by atoms with E-state index < -0.39 is 0 Å². The molecule has 0 saturated carbocycles. The molecule has 24 heavy (non-hydrogen) atoms. The second kappa shape index (κ2) is 7.30. The molecular weight excluding hydrogens is 300 g/mol. The lowest BCUT2D eigenvalue weighted by molar-refractivity contribution is -0.136. The maximum atomic E-state index is 12.3. The summed E-state index contributed by atoms with van der Waals surface area (Å²) in [5.74, 6) is -0.327. The molecule has 0 saturated heterocycles. The first-order chi connectivity index (χ1) is 11.6. The quantitative estimate of drug-likeness (QED) is 0.880. The van der Waals surface area contributed by atoms with Crippen LogP contribution in [0.15, 0.2) is 48.5 Å². The van der Waals surface area contributed by atoms with Crippen molar-refractivity contribution in [3.63, 3.8) is 0 Å². The minimum absolute atomic E-state index is 0.0893. The number of fused-ring (bicyclic) bond motifs is 1. The molecule has 2 aromatic rings. The molecule has 0 radical (unpaired) electrons. The highest BCUT2D eigenvalue weighted by Crippen LogP contribution is 2.18. The SMILES string of the molecule is Cc1cccc(CNC(=O)CC(=O)N2CCc3ccccc3C2)c1. The summed E-state index contributed by atoms with van der Waals surface area (Å²) in [4.78, 5) is 26.2. The van der Waals surface area contributed by atoms with E-state index in [1.54, 1.807) is 4.90 Å². The van der Waals surface area contributed by atoms with Gasteiger partial charge in [0, 0.05) is 19.6 Å². The molecule has 0 bridgehead atoms. The van der Waals surface area contributed by atoms with Crippen LogP contribution in [-0.2, 0) is 29.1 Å². The van der Waals surface area contributed by atoms with Crippen molar-refractivity contribution in [1.29, 1.82) is 0 Å². The maximum absolute atomic E-state index is 12.3. The number of carbonyl (C=O) groups excluding carboxylic acids is 2. The molecule has 4 nitrogen and oxygen atoms in total. The fourth-order valence-corrected chi connectivity index (χ4v) is 3.04. The lowest BCUT2D eigenvalue weighted by Crippen LogP contribution is -2.38. The fraction of sp³-hybridized carbons (Fsp3) is 0.300. The first kappa shape index (κ1) is 16.2. The van der Waals surface area contributed by atoms with Crippen molar-refractivity contribution in [1.82, 2.24) is 10.2 Å². The third kappa shape index (κ3) is 4.02. The molecule has 0 atom stereocenters. The predicted molar refractivity (Wildman–Crippen MR) is 93.2 cm³/mol. The number of nitrogens with one attached hydrogen (secondary N) is 1. The van der Waals surface area contributed by atoms with Crippen LogP contribution < -0.4 is 5.32 Å². The Morgan fingerprint density at radius 3 is 2.67 bits per heavy atom. The van der Waals surface area contributed by atoms with Crippen molar-refractivity contribution in [2.75, 3.05) is 6.54 Å². The second-order valence-electron chi connectivity index (χ2n) is 6.28. The zero-order valence-corrected chi connectivity index (χ0v) is 13.9. The second-order valence-corrected chi connectivity index (χ2v) is 6.28. The molecule has 2 aromatic carbocycles. The zero-order chi connectivity index (χ0) is 16.9. The maximum Gasteiger partial charge on any atom is 0.232 e. The minimum Gasteiger partial charge on any atom is -0.352 e. The van der Waals surface area contributed by atoms with Crippen LogP contribution >= 0.6 is 0 Å². The number of aryl methyl sites for hydroxylation is 1. The summed E-state index contributed by atoms with van der Waals surface area (Å²) in [6.07, 6.45) is 0.765. The van der Waals surface area contributed by atoms with Gasteiger partial charge in [0.25, 0.3) is 0 Å². The Labute approximate surface area is 142 Å². The Bertz CT molecular complexity index is 755. The van der Waals surface area contributed by atoms with Gasteiger partial charge in [-0.15, -0.1) is 0 Å². The number of rotatable bonds is 4. The molecule has 1 heterocycles. The highest BCUT2D eigenvalue weighted by Gasteiger charge is 2.22. The minimum atomic E-state index is -0.222. The predicted octanol–water partition coefficient (Wildman–Crippen LogP) is 2.59. The molecule has 0 unspecified atom stereocenters. The Hall–Kier alpha value is -2.62. The van der Waals surface area contributed by atoms with Gasteiger partial charge >= 0.3 is 0 Å². The number of benzene rings is 2. The molecule has 2 amide bonds. The average molecular weight is 322 g/mol. The summed E-state index contributed by atoms with van der Waals surface area (Å²) in [6.45, 7) is 3.75. The summed E-state index contributed by atoms with van der Waals surface area (Å²) in [7, 11) is 0. The third-order valence-electron chi connectivity index (χ3n) is 4.37. The fourth-order valence-electron chi connectivity index (χ4n) is 3.04. The van der Waals surface area contributed by atoms with Gasteiger partial charge in [-0.1, -0.05) is 54.1 Å². The van der Waals surface area contributed by atoms with E-state index in [1.165, 1.54) is 11.1 Å². The van der Waals surface area contributed by atoms with Crippen molar-refractivity contribution in [2.24, 2.45) is 0 Å². The first-order valence-corrected chi connectivity index (χ1v) is 8.28. The first-order valence-electron chi connectivity index (χ1n) is 8.28. The van der Waals surface area contributed by atoms with Crippen molar-refractivity contribution in [3.8, 4) is 0 Å². The molecule has 3 rings (SSSR count). The lowest BCUT2D eigenvalue weighted by atomic mass is 10.00. The van der Waals surface area contributed by atoms with E-state index in [0.29, 0.717) is 19.6 Å². The van der Waals surface area contributed by atoms with E-state index in [9.17, 15) is 9.59 Å². The van der Waals surface area contributed by atoms with Gasteiger partial charge in [0.2, 0.25) is 11.8 Å². The standard InChI is InChI=1S/C20H22N2O2/c1-15-5-4-6-16(11-15)13-21-19(23)12-20(24)22-10-9-17-7-2-3-8-18(17)14-22/h2-8,11H,9-10,12-14H2,1H3,(H,21,23). The molecule has 0 aromatic heterocycles. The molecule has 0 spiro atoms. The van der Waals surface area contributed by atoms with Crippen LogP contribution in [0.1, 0.15) is 28.7 Å². The van der Waals surface area contributed by atoms with Gasteiger partial charge in [-0.2, -0.15) is 0 Å². The van der Waals surface area contributed by atoms with E-state index in [4.69, 9.17) is 0 Å². The van der Waals surface area contributed by atoms with E-state index in [-0.39, 0.29) is 18.2 Å². The van der Waals surface area contributed by atoms with Crippen LogP contribution in [0.2, 0.25) is 0 Å². The number of hydrogen-bond acceptors (Lipinski definition) is 2. The largest absolute Gasteiger partial charge is 0.352 e. The van der Waals surface area contributed by atoms with Crippen molar-refractivity contribution < 1.29 is 9.59 Å². The summed E-state index contributed by atoms with van der Waals surface area (Å²) in [5.41, 5.74) is 4.68. The van der Waals surface area contributed by atoms with Crippen molar-refractivity contribution >= 4 is 11.8 Å². The van der Waals surface area contributed by atoms with Crippen LogP contribution in [0.3, 0.4) is 0 Å². The number of carbonyl (C=O) groups is 2. The van der Waals surface area contributed by atoms with Gasteiger partial charge in [-0.3, -0.25) is 9.59 Å². The zero-order valence-electron chi connectivity index (χ0n) is 13.9. The summed E-state index contributed by atoms with van der Waals surface area (Å²) >= 11 is 0. The van der Waals surface area contributed by atoms with Crippen molar-refractivity contribution in [3.05, 3.63) is 70.8 Å². The Kier molecular flexibility index (Phi) is 4.94. The average Bonchev–Trinajstić information content (AvgIpc) is 2.59. The third-order valence-corrected chi connectivity index (χ3v) is 4.37. The number of nitrogens with zero attached hydrogens (tertiary/aromatic N) is 1. The summed E-state index contributed by atoms with van der Waals surface area (Å²) in [6, 6.07) is 16.1. The van der Waals surface area contributed by atoms with Gasteiger partial charge < -0.3 is 10.2 Å². The highest BCUT2D eigenvalue weighted by molar-refractivity contribution is 5.96. The van der Waals surface area contributed by atoms with Gasteiger partial charge in [-0.25, -0.2) is 0 Å². The van der Waals surface area contributed by atoms with Crippen LogP contribution in [0.4, 0.5) is 0 Å². The Balaban J connectivity index is 1.51. The van der Waals surface area contributed by atoms with Crippen LogP contribution in [0.5, 0.6) is 0 Å². The van der Waals surface area contributed by atoms with E-state index >= 15 is 0 Å². The molecule has 0 fully saturated rings. The topological polar surface area (TPSA) is 49.4 Å². The molecule has 124 valence electrons. The van der Waals surface area contributed by atoms with Gasteiger partial charge in [0.05, 0.1) is 0 Å². The Morgan fingerprint density at radius 2 is 1.88 bits per heavy atom. The van der Waals surface area contributed by atoms with Crippen molar-refractivity contribution in [2.45, 2.75) is 32.9 Å². The highest BCUT2D eigenvalue weighted by atomic mass is 16.2.